The second-order valence-corrected chi connectivity index (χ2v) is 5.62. The van der Waals surface area contributed by atoms with Crippen LogP contribution in [0.4, 0.5) is 4.39 Å². The van der Waals surface area contributed by atoms with Gasteiger partial charge < -0.3 is 10.4 Å². The van der Waals surface area contributed by atoms with E-state index in [-0.39, 0.29) is 24.5 Å². The maximum atomic E-state index is 13.9. The van der Waals surface area contributed by atoms with Crippen molar-refractivity contribution in [2.75, 3.05) is 6.61 Å². The first kappa shape index (κ1) is 15.2. The molecule has 0 aliphatic carbocycles. The highest BCUT2D eigenvalue weighted by Gasteiger charge is 2.17. The van der Waals surface area contributed by atoms with Crippen molar-refractivity contribution in [3.8, 4) is 0 Å². The summed E-state index contributed by atoms with van der Waals surface area (Å²) in [5, 5.41) is 12.8. The Hall–Kier alpha value is -1.23. The van der Waals surface area contributed by atoms with E-state index in [1.807, 2.05) is 43.3 Å². The van der Waals surface area contributed by atoms with Crippen molar-refractivity contribution in [3.05, 3.63) is 69.9 Å². The smallest absolute Gasteiger partial charge is 0.129 e. The van der Waals surface area contributed by atoms with Crippen molar-refractivity contribution < 1.29 is 9.50 Å². The Morgan fingerprint density at radius 3 is 2.50 bits per heavy atom. The topological polar surface area (TPSA) is 32.3 Å². The molecular weight excluding hydrogens is 321 g/mol. The lowest BCUT2D eigenvalue weighted by Gasteiger charge is -2.23. The normalized spacial score (nSPS) is 14.0. The third-order valence-electron chi connectivity index (χ3n) is 3.26. The zero-order chi connectivity index (χ0) is 14.5. The molecule has 2 aromatic carbocycles. The van der Waals surface area contributed by atoms with Crippen LogP contribution < -0.4 is 5.32 Å². The van der Waals surface area contributed by atoms with Crippen molar-refractivity contribution in [1.29, 1.82) is 0 Å². The van der Waals surface area contributed by atoms with E-state index < -0.39 is 0 Å². The van der Waals surface area contributed by atoms with E-state index in [4.69, 9.17) is 0 Å². The van der Waals surface area contributed by atoms with Crippen LogP contribution >= 0.6 is 15.9 Å². The highest BCUT2D eigenvalue weighted by atomic mass is 79.9. The minimum atomic E-state index is -0.260. The quantitative estimate of drug-likeness (QED) is 0.865. The van der Waals surface area contributed by atoms with Crippen molar-refractivity contribution in [1.82, 2.24) is 5.32 Å². The summed E-state index contributed by atoms with van der Waals surface area (Å²) in [6.07, 6.45) is 0. The second kappa shape index (κ2) is 6.97. The molecular formula is C16H17BrFNO. The van der Waals surface area contributed by atoms with Crippen molar-refractivity contribution in [3.63, 3.8) is 0 Å². The lowest BCUT2D eigenvalue weighted by molar-refractivity contribution is 0.234. The molecule has 0 amide bonds. The highest BCUT2D eigenvalue weighted by molar-refractivity contribution is 9.10. The Balaban J connectivity index is 2.15. The first-order valence-corrected chi connectivity index (χ1v) is 7.28. The summed E-state index contributed by atoms with van der Waals surface area (Å²) in [5.74, 6) is -0.260. The molecule has 0 aliphatic heterocycles. The number of rotatable bonds is 5. The molecule has 1 unspecified atom stereocenters. The average molecular weight is 338 g/mol. The van der Waals surface area contributed by atoms with Gasteiger partial charge >= 0.3 is 0 Å². The van der Waals surface area contributed by atoms with Crippen molar-refractivity contribution in [2.45, 2.75) is 19.0 Å². The summed E-state index contributed by atoms with van der Waals surface area (Å²) in [4.78, 5) is 0. The van der Waals surface area contributed by atoms with E-state index in [0.717, 1.165) is 5.56 Å². The zero-order valence-corrected chi connectivity index (χ0v) is 12.8. The molecule has 2 aromatic rings. The molecule has 0 bridgehead atoms. The van der Waals surface area contributed by atoms with Gasteiger partial charge in [-0.05, 0) is 24.6 Å². The summed E-state index contributed by atoms with van der Waals surface area (Å²) in [5.41, 5.74) is 1.57. The SMILES string of the molecule is CC(N[C@H](CO)c1ccccc1)c1ccc(Br)cc1F. The number of aliphatic hydroxyl groups excluding tert-OH is 1. The average Bonchev–Trinajstić information content (AvgIpc) is 2.45. The van der Waals surface area contributed by atoms with Crippen molar-refractivity contribution >= 4 is 15.9 Å². The van der Waals surface area contributed by atoms with Gasteiger partial charge in [-0.2, -0.15) is 0 Å². The second-order valence-electron chi connectivity index (χ2n) is 4.70. The number of hydrogen-bond donors (Lipinski definition) is 2. The molecule has 2 atom stereocenters. The summed E-state index contributed by atoms with van der Waals surface area (Å²) < 4.78 is 14.6. The van der Waals surface area contributed by atoms with E-state index in [1.165, 1.54) is 6.07 Å². The fourth-order valence-corrected chi connectivity index (χ4v) is 2.52. The van der Waals surface area contributed by atoms with Gasteiger partial charge in [0.2, 0.25) is 0 Å². The lowest BCUT2D eigenvalue weighted by Crippen LogP contribution is -2.27. The minimum absolute atomic E-state index is 0.0352. The molecule has 2 nitrogen and oxygen atoms in total. The van der Waals surface area contributed by atoms with Gasteiger partial charge in [0, 0.05) is 16.1 Å². The minimum Gasteiger partial charge on any atom is -0.394 e. The van der Waals surface area contributed by atoms with Crippen LogP contribution in [0.2, 0.25) is 0 Å². The van der Waals surface area contributed by atoms with E-state index in [2.05, 4.69) is 21.2 Å². The van der Waals surface area contributed by atoms with Gasteiger partial charge in [0.15, 0.2) is 0 Å². The third kappa shape index (κ3) is 3.66. The van der Waals surface area contributed by atoms with Gasteiger partial charge in [-0.3, -0.25) is 0 Å². The van der Waals surface area contributed by atoms with Gasteiger partial charge in [0.25, 0.3) is 0 Å². The van der Waals surface area contributed by atoms with E-state index in [1.54, 1.807) is 6.07 Å². The summed E-state index contributed by atoms with van der Waals surface area (Å²) in [6.45, 7) is 1.85. The van der Waals surface area contributed by atoms with Crippen LogP contribution in [0.15, 0.2) is 53.0 Å². The predicted molar refractivity (Wildman–Crippen MR) is 81.9 cm³/mol. The molecule has 4 heteroatoms. The van der Waals surface area contributed by atoms with Gasteiger partial charge in [-0.1, -0.05) is 52.3 Å². The van der Waals surface area contributed by atoms with Gasteiger partial charge in [-0.25, -0.2) is 4.39 Å². The van der Waals surface area contributed by atoms with Crippen LogP contribution in [0.3, 0.4) is 0 Å². The Labute approximate surface area is 126 Å². The van der Waals surface area contributed by atoms with Crippen molar-refractivity contribution in [2.24, 2.45) is 0 Å². The van der Waals surface area contributed by atoms with Gasteiger partial charge in [0.1, 0.15) is 5.82 Å². The maximum absolute atomic E-state index is 13.9. The third-order valence-corrected chi connectivity index (χ3v) is 3.76. The summed E-state index contributed by atoms with van der Waals surface area (Å²) in [7, 11) is 0. The van der Waals surface area contributed by atoms with Gasteiger partial charge in [0.05, 0.1) is 12.6 Å². The Morgan fingerprint density at radius 1 is 1.20 bits per heavy atom. The number of aliphatic hydroxyl groups is 1. The Bertz CT molecular complexity index is 562. The number of hydrogen-bond acceptors (Lipinski definition) is 2. The molecule has 0 aliphatic rings. The molecule has 0 fully saturated rings. The van der Waals surface area contributed by atoms with Crippen LogP contribution in [0.1, 0.15) is 30.1 Å². The molecule has 2 N–H and O–H groups in total. The number of benzene rings is 2. The maximum Gasteiger partial charge on any atom is 0.129 e. The van der Waals surface area contributed by atoms with Crippen LogP contribution in [0.5, 0.6) is 0 Å². The molecule has 0 saturated heterocycles. The van der Waals surface area contributed by atoms with E-state index in [0.29, 0.717) is 10.0 Å². The first-order chi connectivity index (χ1) is 9.61. The molecule has 0 aromatic heterocycles. The highest BCUT2D eigenvalue weighted by Crippen LogP contribution is 2.23. The lowest BCUT2D eigenvalue weighted by atomic mass is 10.0. The largest absolute Gasteiger partial charge is 0.394 e. The Kier molecular flexibility index (Phi) is 5.29. The molecule has 20 heavy (non-hydrogen) atoms. The number of nitrogens with one attached hydrogen (secondary N) is 1. The molecule has 2 rings (SSSR count). The molecule has 0 radical (unpaired) electrons. The molecule has 106 valence electrons. The fourth-order valence-electron chi connectivity index (χ4n) is 2.18. The van der Waals surface area contributed by atoms with E-state index in [9.17, 15) is 9.50 Å². The van der Waals surface area contributed by atoms with Gasteiger partial charge in [-0.15, -0.1) is 0 Å². The molecule has 0 heterocycles. The zero-order valence-electron chi connectivity index (χ0n) is 11.2. The number of halogens is 2. The Morgan fingerprint density at radius 2 is 1.90 bits per heavy atom. The van der Waals surface area contributed by atoms with Crippen LogP contribution in [0, 0.1) is 5.82 Å². The fraction of sp³-hybridized carbons (Fsp3) is 0.250. The predicted octanol–water partition coefficient (Wildman–Crippen LogP) is 3.97. The molecule has 0 spiro atoms. The summed E-state index contributed by atoms with van der Waals surface area (Å²) >= 11 is 3.25. The molecule has 0 saturated carbocycles. The summed E-state index contributed by atoms with van der Waals surface area (Å²) in [6, 6.07) is 14.3. The first-order valence-electron chi connectivity index (χ1n) is 6.48. The van der Waals surface area contributed by atoms with Crippen LogP contribution in [-0.4, -0.2) is 11.7 Å². The standard InChI is InChI=1S/C16H17BrFNO/c1-11(14-8-7-13(17)9-15(14)18)19-16(10-20)12-5-3-2-4-6-12/h2-9,11,16,19-20H,10H2,1H3/t11?,16-/m1/s1. The van der Waals surface area contributed by atoms with Crippen LogP contribution in [0.25, 0.3) is 0 Å². The monoisotopic (exact) mass is 337 g/mol. The van der Waals surface area contributed by atoms with Crippen LogP contribution in [-0.2, 0) is 0 Å². The van der Waals surface area contributed by atoms with E-state index >= 15 is 0 Å².